The first-order valence-electron chi connectivity index (χ1n) is 5.15. The second-order valence-corrected chi connectivity index (χ2v) is 4.12. The van der Waals surface area contributed by atoms with Gasteiger partial charge in [0.1, 0.15) is 0 Å². The second kappa shape index (κ2) is 4.87. The van der Waals surface area contributed by atoms with Crippen LogP contribution in [0.25, 0.3) is 0 Å². The third-order valence-electron chi connectivity index (χ3n) is 2.66. The Kier molecular flexibility index (Phi) is 3.97. The van der Waals surface area contributed by atoms with Crippen molar-refractivity contribution < 1.29 is 18.3 Å². The average Bonchev–Trinajstić information content (AvgIpc) is 2.17. The van der Waals surface area contributed by atoms with Crippen LogP contribution >= 0.6 is 0 Å². The largest absolute Gasteiger partial charge is 0.416 e. The molecule has 1 aromatic carbocycles. The summed E-state index contributed by atoms with van der Waals surface area (Å²) in [5.74, 6) is 0.0386. The normalized spacial score (nSPS) is 15.9. The van der Waals surface area contributed by atoms with Crippen molar-refractivity contribution >= 4 is 0 Å². The zero-order chi connectivity index (χ0) is 12.3. The summed E-state index contributed by atoms with van der Waals surface area (Å²) < 4.78 is 36.8. The van der Waals surface area contributed by atoms with E-state index in [-0.39, 0.29) is 5.92 Å². The van der Waals surface area contributed by atoms with E-state index in [9.17, 15) is 18.3 Å². The molecule has 1 N–H and O–H groups in total. The number of aliphatic hydroxyl groups is 1. The first-order valence-corrected chi connectivity index (χ1v) is 5.15. The van der Waals surface area contributed by atoms with Crippen molar-refractivity contribution in [3.05, 3.63) is 35.4 Å². The van der Waals surface area contributed by atoms with Crippen molar-refractivity contribution in [1.82, 2.24) is 0 Å². The molecule has 1 rings (SSSR count). The minimum atomic E-state index is -4.28. The molecular formula is C12H15F3O. The molecule has 2 unspecified atom stereocenters. The predicted octanol–water partition coefficient (Wildman–Crippen LogP) is 3.26. The van der Waals surface area contributed by atoms with Crippen molar-refractivity contribution in [3.8, 4) is 0 Å². The van der Waals surface area contributed by atoms with Crippen LogP contribution in [-0.4, -0.2) is 11.2 Å². The van der Waals surface area contributed by atoms with Crippen molar-refractivity contribution in [2.24, 2.45) is 5.92 Å². The lowest BCUT2D eigenvalue weighted by Gasteiger charge is -2.15. The number of benzene rings is 1. The first kappa shape index (κ1) is 13.0. The fourth-order valence-corrected chi connectivity index (χ4v) is 1.37. The van der Waals surface area contributed by atoms with Crippen LogP contribution < -0.4 is 0 Å². The summed E-state index contributed by atoms with van der Waals surface area (Å²) in [7, 11) is 0. The molecule has 0 aliphatic carbocycles. The minimum Gasteiger partial charge on any atom is -0.393 e. The Bertz CT molecular complexity index is 327. The van der Waals surface area contributed by atoms with Crippen molar-refractivity contribution in [2.75, 3.05) is 0 Å². The number of rotatable bonds is 3. The number of halogens is 3. The van der Waals surface area contributed by atoms with E-state index >= 15 is 0 Å². The van der Waals surface area contributed by atoms with Crippen molar-refractivity contribution in [2.45, 2.75) is 32.5 Å². The van der Waals surface area contributed by atoms with E-state index in [1.165, 1.54) is 12.1 Å². The van der Waals surface area contributed by atoms with Gasteiger partial charge in [0.25, 0.3) is 0 Å². The summed E-state index contributed by atoms with van der Waals surface area (Å²) >= 11 is 0. The van der Waals surface area contributed by atoms with E-state index in [2.05, 4.69) is 0 Å². The van der Waals surface area contributed by atoms with Gasteiger partial charge < -0.3 is 5.11 Å². The maximum atomic E-state index is 12.3. The minimum absolute atomic E-state index is 0.0386. The molecule has 90 valence electrons. The van der Waals surface area contributed by atoms with E-state index < -0.39 is 17.8 Å². The molecule has 0 fully saturated rings. The third kappa shape index (κ3) is 3.52. The lowest BCUT2D eigenvalue weighted by molar-refractivity contribution is -0.137. The Labute approximate surface area is 92.9 Å². The summed E-state index contributed by atoms with van der Waals surface area (Å²) in [5.41, 5.74) is 0.169. The Hall–Kier alpha value is -1.03. The zero-order valence-electron chi connectivity index (χ0n) is 9.25. The highest BCUT2D eigenvalue weighted by Gasteiger charge is 2.29. The Morgan fingerprint density at radius 1 is 1.12 bits per heavy atom. The summed E-state index contributed by atoms with van der Waals surface area (Å²) in [6.45, 7) is 3.54. The van der Waals surface area contributed by atoms with E-state index in [1.54, 1.807) is 6.92 Å². The van der Waals surface area contributed by atoms with Crippen LogP contribution in [0.2, 0.25) is 0 Å². The standard InChI is InChI=1S/C12H15F3O/c1-8(9(2)16)7-10-3-5-11(6-4-10)12(13,14)15/h3-6,8-9,16H,7H2,1-2H3. The topological polar surface area (TPSA) is 20.2 Å². The van der Waals surface area contributed by atoms with Crippen molar-refractivity contribution in [3.63, 3.8) is 0 Å². The van der Waals surface area contributed by atoms with Gasteiger partial charge in [0.15, 0.2) is 0 Å². The fourth-order valence-electron chi connectivity index (χ4n) is 1.37. The summed E-state index contributed by atoms with van der Waals surface area (Å²) in [6.07, 6.45) is -4.16. The molecular weight excluding hydrogens is 217 g/mol. The van der Waals surface area contributed by atoms with Crippen LogP contribution in [0.5, 0.6) is 0 Å². The van der Waals surface area contributed by atoms with Gasteiger partial charge in [-0.3, -0.25) is 0 Å². The van der Waals surface area contributed by atoms with Gasteiger partial charge in [0.2, 0.25) is 0 Å². The number of hydrogen-bond donors (Lipinski definition) is 1. The van der Waals surface area contributed by atoms with E-state index in [0.29, 0.717) is 6.42 Å². The molecule has 0 heterocycles. The van der Waals surface area contributed by atoms with Crippen LogP contribution in [-0.2, 0) is 12.6 Å². The zero-order valence-corrected chi connectivity index (χ0v) is 9.25. The summed E-state index contributed by atoms with van der Waals surface area (Å²) in [6, 6.07) is 5.07. The highest BCUT2D eigenvalue weighted by molar-refractivity contribution is 5.24. The van der Waals surface area contributed by atoms with Crippen molar-refractivity contribution in [1.29, 1.82) is 0 Å². The number of hydrogen-bond acceptors (Lipinski definition) is 1. The smallest absolute Gasteiger partial charge is 0.393 e. The fraction of sp³-hybridized carbons (Fsp3) is 0.500. The van der Waals surface area contributed by atoms with Gasteiger partial charge in [0, 0.05) is 0 Å². The highest BCUT2D eigenvalue weighted by atomic mass is 19.4. The highest BCUT2D eigenvalue weighted by Crippen LogP contribution is 2.29. The molecule has 0 aromatic heterocycles. The summed E-state index contributed by atoms with van der Waals surface area (Å²) in [4.78, 5) is 0. The Balaban J connectivity index is 2.72. The molecule has 1 aromatic rings. The van der Waals surface area contributed by atoms with Gasteiger partial charge in [-0.15, -0.1) is 0 Å². The third-order valence-corrected chi connectivity index (χ3v) is 2.66. The quantitative estimate of drug-likeness (QED) is 0.848. The second-order valence-electron chi connectivity index (χ2n) is 4.12. The monoisotopic (exact) mass is 232 g/mol. The first-order chi connectivity index (χ1) is 7.30. The molecule has 0 saturated heterocycles. The maximum Gasteiger partial charge on any atom is 0.416 e. The molecule has 0 aliphatic rings. The Morgan fingerprint density at radius 3 is 2.00 bits per heavy atom. The molecule has 0 amide bonds. The van der Waals surface area contributed by atoms with E-state index in [1.807, 2.05) is 6.92 Å². The maximum absolute atomic E-state index is 12.3. The predicted molar refractivity (Wildman–Crippen MR) is 56.0 cm³/mol. The SMILES string of the molecule is CC(O)C(C)Cc1ccc(C(F)(F)F)cc1. The van der Waals surface area contributed by atoms with Gasteiger partial charge in [-0.2, -0.15) is 13.2 Å². The molecule has 2 atom stereocenters. The summed E-state index contributed by atoms with van der Waals surface area (Å²) in [5, 5.41) is 9.29. The number of alkyl halides is 3. The van der Waals surface area contributed by atoms with Gasteiger partial charge >= 0.3 is 6.18 Å². The van der Waals surface area contributed by atoms with Gasteiger partial charge in [-0.05, 0) is 37.0 Å². The van der Waals surface area contributed by atoms with Gasteiger partial charge in [-0.1, -0.05) is 19.1 Å². The molecule has 0 saturated carbocycles. The molecule has 0 bridgehead atoms. The van der Waals surface area contributed by atoms with Gasteiger partial charge in [-0.25, -0.2) is 0 Å². The average molecular weight is 232 g/mol. The molecule has 16 heavy (non-hydrogen) atoms. The molecule has 0 radical (unpaired) electrons. The lowest BCUT2D eigenvalue weighted by Crippen LogP contribution is -2.15. The van der Waals surface area contributed by atoms with Crippen LogP contribution in [0.3, 0.4) is 0 Å². The van der Waals surface area contributed by atoms with Gasteiger partial charge in [0.05, 0.1) is 11.7 Å². The molecule has 0 aliphatic heterocycles. The molecule has 4 heteroatoms. The Morgan fingerprint density at radius 2 is 1.62 bits per heavy atom. The molecule has 1 nitrogen and oxygen atoms in total. The lowest BCUT2D eigenvalue weighted by atomic mass is 9.96. The van der Waals surface area contributed by atoms with Crippen LogP contribution in [0.1, 0.15) is 25.0 Å². The van der Waals surface area contributed by atoms with Crippen LogP contribution in [0.15, 0.2) is 24.3 Å². The van der Waals surface area contributed by atoms with Crippen LogP contribution in [0, 0.1) is 5.92 Å². The van der Waals surface area contributed by atoms with Crippen LogP contribution in [0.4, 0.5) is 13.2 Å². The van der Waals surface area contributed by atoms with E-state index in [0.717, 1.165) is 17.7 Å². The number of aliphatic hydroxyl groups excluding tert-OH is 1. The molecule has 0 spiro atoms. The van der Waals surface area contributed by atoms with E-state index in [4.69, 9.17) is 0 Å².